The smallest absolute Gasteiger partial charge is 0.304 e. The first-order chi connectivity index (χ1) is 19.0. The second kappa shape index (κ2) is 14.4. The molecule has 0 saturated carbocycles. The van der Waals surface area contributed by atoms with E-state index in [2.05, 4.69) is 21.2 Å². The summed E-state index contributed by atoms with van der Waals surface area (Å²) in [7, 11) is -1.65. The van der Waals surface area contributed by atoms with Crippen LogP contribution >= 0.6 is 15.9 Å². The molecule has 40 heavy (non-hydrogen) atoms. The van der Waals surface area contributed by atoms with Gasteiger partial charge in [-0.25, -0.2) is 8.70 Å². The van der Waals surface area contributed by atoms with Crippen molar-refractivity contribution < 1.29 is 22.4 Å². The van der Waals surface area contributed by atoms with Crippen molar-refractivity contribution in [2.24, 2.45) is 0 Å². The van der Waals surface area contributed by atoms with Crippen LogP contribution in [0.25, 0.3) is 0 Å². The molecule has 0 unspecified atom stereocenters. The van der Waals surface area contributed by atoms with Gasteiger partial charge in [0.05, 0.1) is 5.69 Å². The third-order valence-electron chi connectivity index (χ3n) is 6.20. The molecule has 0 aliphatic carbocycles. The van der Waals surface area contributed by atoms with E-state index in [0.717, 1.165) is 30.3 Å². The third kappa shape index (κ3) is 8.12. The van der Waals surface area contributed by atoms with E-state index in [-0.39, 0.29) is 24.6 Å². The molecule has 0 aromatic heterocycles. The number of amides is 2. The first-order valence-corrected chi connectivity index (χ1v) is 15.0. The van der Waals surface area contributed by atoms with Crippen LogP contribution in [0.15, 0.2) is 83.3 Å². The summed E-state index contributed by atoms with van der Waals surface area (Å²) in [4.78, 5) is 29.0. The van der Waals surface area contributed by atoms with Crippen molar-refractivity contribution in [1.29, 1.82) is 0 Å². The number of para-hydroxylation sites is 1. The second-order valence-electron chi connectivity index (χ2n) is 9.40. The summed E-state index contributed by atoms with van der Waals surface area (Å²) in [5.41, 5.74) is 1.30. The van der Waals surface area contributed by atoms with Crippen molar-refractivity contribution in [3.8, 4) is 0 Å². The SMILES string of the molecule is CCCNC(=O)[C@@H](Cc1ccccc1)N(Cc1cccc(Br)c1)C(=O)CN(c1ccccc1F)S(=O)(=O)N(C)C. The number of rotatable bonds is 13. The molecule has 0 spiro atoms. The predicted octanol–water partition coefficient (Wildman–Crippen LogP) is 4.37. The van der Waals surface area contributed by atoms with Crippen molar-refractivity contribution in [2.45, 2.75) is 32.4 Å². The van der Waals surface area contributed by atoms with Gasteiger partial charge in [0.2, 0.25) is 11.8 Å². The van der Waals surface area contributed by atoms with Crippen LogP contribution in [-0.2, 0) is 32.8 Å². The summed E-state index contributed by atoms with van der Waals surface area (Å²) in [5, 5.41) is 2.89. The number of hydrogen-bond acceptors (Lipinski definition) is 4. The summed E-state index contributed by atoms with van der Waals surface area (Å²) in [6.45, 7) is 1.67. The predicted molar refractivity (Wildman–Crippen MR) is 158 cm³/mol. The number of benzene rings is 3. The van der Waals surface area contributed by atoms with Gasteiger partial charge >= 0.3 is 10.2 Å². The van der Waals surface area contributed by atoms with Gasteiger partial charge in [-0.15, -0.1) is 0 Å². The highest BCUT2D eigenvalue weighted by atomic mass is 79.9. The Morgan fingerprint density at radius 3 is 2.23 bits per heavy atom. The normalized spacial score (nSPS) is 12.2. The minimum absolute atomic E-state index is 0.0302. The van der Waals surface area contributed by atoms with Gasteiger partial charge < -0.3 is 10.2 Å². The Bertz CT molecular complexity index is 1410. The van der Waals surface area contributed by atoms with E-state index in [1.54, 1.807) is 0 Å². The van der Waals surface area contributed by atoms with E-state index in [1.807, 2.05) is 61.5 Å². The minimum Gasteiger partial charge on any atom is -0.354 e. The van der Waals surface area contributed by atoms with Crippen LogP contribution in [0.1, 0.15) is 24.5 Å². The Morgan fingerprint density at radius 2 is 1.60 bits per heavy atom. The Hall–Kier alpha value is -3.28. The zero-order valence-corrected chi connectivity index (χ0v) is 25.2. The second-order valence-corrected chi connectivity index (χ2v) is 12.4. The lowest BCUT2D eigenvalue weighted by molar-refractivity contribution is -0.140. The maximum absolute atomic E-state index is 14.9. The van der Waals surface area contributed by atoms with Gasteiger partial charge in [0.25, 0.3) is 0 Å². The van der Waals surface area contributed by atoms with E-state index in [9.17, 15) is 22.4 Å². The molecule has 214 valence electrons. The molecule has 11 heteroatoms. The van der Waals surface area contributed by atoms with Gasteiger partial charge in [0.1, 0.15) is 18.4 Å². The van der Waals surface area contributed by atoms with E-state index < -0.39 is 34.5 Å². The van der Waals surface area contributed by atoms with E-state index in [1.165, 1.54) is 37.2 Å². The molecule has 0 bridgehead atoms. The molecule has 0 fully saturated rings. The van der Waals surface area contributed by atoms with E-state index in [0.29, 0.717) is 13.0 Å². The monoisotopic (exact) mass is 632 g/mol. The molecule has 1 N–H and O–H groups in total. The van der Waals surface area contributed by atoms with Gasteiger partial charge in [-0.3, -0.25) is 9.59 Å². The summed E-state index contributed by atoms with van der Waals surface area (Å²) in [6, 6.07) is 21.0. The van der Waals surface area contributed by atoms with Crippen LogP contribution in [0.5, 0.6) is 0 Å². The van der Waals surface area contributed by atoms with Crippen molar-refractivity contribution >= 4 is 43.6 Å². The number of carbonyl (C=O) groups is 2. The van der Waals surface area contributed by atoms with Crippen molar-refractivity contribution in [2.75, 3.05) is 31.5 Å². The maximum Gasteiger partial charge on any atom is 0.304 e. The van der Waals surface area contributed by atoms with Crippen LogP contribution in [0.3, 0.4) is 0 Å². The largest absolute Gasteiger partial charge is 0.354 e. The molecule has 3 aromatic rings. The van der Waals surface area contributed by atoms with Crippen molar-refractivity contribution in [3.05, 3.63) is 100 Å². The molecule has 3 rings (SSSR count). The highest BCUT2D eigenvalue weighted by Gasteiger charge is 2.35. The number of hydrogen-bond donors (Lipinski definition) is 1. The number of halogens is 2. The quantitative estimate of drug-likeness (QED) is 0.303. The molecule has 0 heterocycles. The molecule has 2 amide bonds. The molecular weight excluding hydrogens is 599 g/mol. The Morgan fingerprint density at radius 1 is 0.950 bits per heavy atom. The highest BCUT2D eigenvalue weighted by Crippen LogP contribution is 2.24. The lowest BCUT2D eigenvalue weighted by Gasteiger charge is -2.34. The van der Waals surface area contributed by atoms with Gasteiger partial charge in [-0.05, 0) is 41.8 Å². The number of anilines is 1. The fourth-order valence-electron chi connectivity index (χ4n) is 4.11. The van der Waals surface area contributed by atoms with Gasteiger partial charge in [-0.2, -0.15) is 12.7 Å². The molecular formula is C29H34BrFN4O4S. The summed E-state index contributed by atoms with van der Waals surface area (Å²) < 4.78 is 43.9. The number of nitrogens with zero attached hydrogens (tertiary/aromatic N) is 3. The molecule has 0 aliphatic heterocycles. The van der Waals surface area contributed by atoms with Crippen LogP contribution in [0.4, 0.5) is 10.1 Å². The standard InChI is InChI=1S/C29H34BrFN4O4S/c1-4-17-32-29(37)27(19-22-11-6-5-7-12-22)34(20-23-13-10-14-24(30)18-23)28(36)21-35(40(38,39)33(2)3)26-16-9-8-15-25(26)31/h5-16,18,27H,4,17,19-21H2,1-3H3,(H,32,37)/t27-/m1/s1. The van der Waals surface area contributed by atoms with Crippen LogP contribution < -0.4 is 9.62 Å². The number of carbonyl (C=O) groups excluding carboxylic acids is 2. The number of nitrogens with one attached hydrogen (secondary N) is 1. The molecule has 3 aromatic carbocycles. The van der Waals surface area contributed by atoms with Crippen molar-refractivity contribution in [3.63, 3.8) is 0 Å². The lowest BCUT2D eigenvalue weighted by Crippen LogP contribution is -2.54. The summed E-state index contributed by atoms with van der Waals surface area (Å²) >= 11 is 3.45. The Kier molecular flexibility index (Phi) is 11.2. The average Bonchev–Trinajstić information content (AvgIpc) is 2.93. The minimum atomic E-state index is -4.27. The zero-order chi connectivity index (χ0) is 29.3. The van der Waals surface area contributed by atoms with Gasteiger partial charge in [-0.1, -0.05) is 77.5 Å². The van der Waals surface area contributed by atoms with Gasteiger partial charge in [0.15, 0.2) is 0 Å². The van der Waals surface area contributed by atoms with Crippen LogP contribution in [0.2, 0.25) is 0 Å². The topological polar surface area (TPSA) is 90.0 Å². The Labute approximate surface area is 244 Å². The van der Waals surface area contributed by atoms with E-state index >= 15 is 0 Å². The first-order valence-electron chi connectivity index (χ1n) is 12.8. The highest BCUT2D eigenvalue weighted by molar-refractivity contribution is 9.10. The average molecular weight is 634 g/mol. The first kappa shape index (κ1) is 31.3. The summed E-state index contributed by atoms with van der Waals surface area (Å²) in [6.07, 6.45) is 0.905. The zero-order valence-electron chi connectivity index (χ0n) is 22.8. The molecule has 1 atom stereocenters. The third-order valence-corrected chi connectivity index (χ3v) is 8.50. The fourth-order valence-corrected chi connectivity index (χ4v) is 5.62. The fraction of sp³-hybridized carbons (Fsp3) is 0.310. The Balaban J connectivity index is 2.09. The van der Waals surface area contributed by atoms with Crippen molar-refractivity contribution in [1.82, 2.24) is 14.5 Å². The molecule has 0 radical (unpaired) electrons. The molecule has 8 nitrogen and oxygen atoms in total. The molecule has 0 aliphatic rings. The van der Waals surface area contributed by atoms with E-state index in [4.69, 9.17) is 0 Å². The molecule has 0 saturated heterocycles. The van der Waals surface area contributed by atoms with Gasteiger partial charge in [0, 0.05) is 38.1 Å². The summed E-state index contributed by atoms with van der Waals surface area (Å²) in [5.74, 6) is -1.80. The van der Waals surface area contributed by atoms with Crippen LogP contribution in [-0.4, -0.2) is 62.7 Å². The lowest BCUT2D eigenvalue weighted by atomic mass is 10.0. The maximum atomic E-state index is 14.9. The van der Waals surface area contributed by atoms with Crippen LogP contribution in [0, 0.1) is 5.82 Å².